The van der Waals surface area contributed by atoms with Gasteiger partial charge in [0.2, 0.25) is 5.91 Å². The van der Waals surface area contributed by atoms with Crippen molar-refractivity contribution >= 4 is 15.7 Å². The predicted molar refractivity (Wildman–Crippen MR) is 79.3 cm³/mol. The van der Waals surface area contributed by atoms with E-state index in [-0.39, 0.29) is 23.6 Å². The molecule has 0 bridgehead atoms. The number of piperidine rings is 1. The minimum atomic E-state index is -2.85. The van der Waals surface area contributed by atoms with Gasteiger partial charge < -0.3 is 10.2 Å². The first-order valence-electron chi connectivity index (χ1n) is 7.62. The Kier molecular flexibility index (Phi) is 5.07. The molecular formula is C14H26N2O3S. The van der Waals surface area contributed by atoms with E-state index in [0.29, 0.717) is 11.8 Å². The number of nitrogens with one attached hydrogen (secondary N) is 1. The van der Waals surface area contributed by atoms with Crippen molar-refractivity contribution in [2.45, 2.75) is 51.6 Å². The van der Waals surface area contributed by atoms with E-state index in [0.717, 1.165) is 38.8 Å². The molecule has 1 atom stereocenters. The predicted octanol–water partition coefficient (Wildman–Crippen LogP) is 0.800. The van der Waals surface area contributed by atoms with E-state index in [1.165, 1.54) is 0 Å². The average molecular weight is 302 g/mol. The van der Waals surface area contributed by atoms with Gasteiger partial charge in [0, 0.05) is 31.1 Å². The molecule has 2 aliphatic rings. The van der Waals surface area contributed by atoms with E-state index in [2.05, 4.69) is 5.32 Å². The number of carbonyl (C=O) groups excluding carboxylic acids is 1. The summed E-state index contributed by atoms with van der Waals surface area (Å²) >= 11 is 0. The normalized spacial score (nSPS) is 27.8. The molecule has 2 saturated heterocycles. The van der Waals surface area contributed by atoms with Gasteiger partial charge in [0.25, 0.3) is 0 Å². The second kappa shape index (κ2) is 6.43. The summed E-state index contributed by atoms with van der Waals surface area (Å²) in [7, 11) is -2.85. The van der Waals surface area contributed by atoms with Gasteiger partial charge in [-0.25, -0.2) is 8.42 Å². The zero-order chi connectivity index (χ0) is 14.8. The maximum absolute atomic E-state index is 11.9. The lowest BCUT2D eigenvalue weighted by Gasteiger charge is -2.36. The number of carbonyl (C=O) groups is 1. The highest BCUT2D eigenvalue weighted by atomic mass is 32.2. The van der Waals surface area contributed by atoms with Gasteiger partial charge in [-0.3, -0.25) is 4.79 Å². The molecule has 1 amide bonds. The van der Waals surface area contributed by atoms with Gasteiger partial charge in [-0.1, -0.05) is 13.8 Å². The van der Waals surface area contributed by atoms with Crippen LogP contribution >= 0.6 is 0 Å². The Morgan fingerprint density at radius 1 is 1.15 bits per heavy atom. The number of rotatable bonds is 3. The first-order valence-corrected chi connectivity index (χ1v) is 9.45. The van der Waals surface area contributed by atoms with Gasteiger partial charge in [0.1, 0.15) is 0 Å². The van der Waals surface area contributed by atoms with Gasteiger partial charge in [-0.15, -0.1) is 0 Å². The van der Waals surface area contributed by atoms with Crippen molar-refractivity contribution in [3.63, 3.8) is 0 Å². The van der Waals surface area contributed by atoms with Crippen LogP contribution in [0.3, 0.4) is 0 Å². The molecule has 5 nitrogen and oxygen atoms in total. The highest BCUT2D eigenvalue weighted by molar-refractivity contribution is 7.91. The summed E-state index contributed by atoms with van der Waals surface area (Å²) < 4.78 is 23.3. The third-order valence-corrected chi connectivity index (χ3v) is 6.06. The van der Waals surface area contributed by atoms with Crippen LogP contribution in [0.25, 0.3) is 0 Å². The highest BCUT2D eigenvalue weighted by Gasteiger charge is 2.29. The zero-order valence-corrected chi connectivity index (χ0v) is 13.3. The van der Waals surface area contributed by atoms with E-state index in [9.17, 15) is 13.2 Å². The van der Waals surface area contributed by atoms with Crippen molar-refractivity contribution in [3.05, 3.63) is 0 Å². The van der Waals surface area contributed by atoms with Gasteiger partial charge in [-0.2, -0.15) is 0 Å². The quantitative estimate of drug-likeness (QED) is 0.837. The van der Waals surface area contributed by atoms with E-state index < -0.39 is 9.84 Å². The van der Waals surface area contributed by atoms with Gasteiger partial charge in [-0.05, 0) is 25.7 Å². The molecule has 0 radical (unpaired) electrons. The molecule has 0 aromatic rings. The van der Waals surface area contributed by atoms with Crippen LogP contribution in [0, 0.1) is 5.92 Å². The summed E-state index contributed by atoms with van der Waals surface area (Å²) in [6.45, 7) is 5.43. The molecule has 0 aliphatic carbocycles. The second-order valence-electron chi connectivity index (χ2n) is 6.37. The molecule has 20 heavy (non-hydrogen) atoms. The standard InChI is InChI=1S/C14H26N2O3S/c1-11(2)14(17)16-7-5-12(6-8-16)15-13-4-3-9-20(18,19)10-13/h11-13,15H,3-10H2,1-2H3. The van der Waals surface area contributed by atoms with Crippen LogP contribution in [0.5, 0.6) is 0 Å². The zero-order valence-electron chi connectivity index (χ0n) is 12.5. The Bertz CT molecular complexity index is 439. The minimum absolute atomic E-state index is 0.0583. The lowest BCUT2D eigenvalue weighted by atomic mass is 10.0. The summed E-state index contributed by atoms with van der Waals surface area (Å²) in [4.78, 5) is 13.8. The van der Waals surface area contributed by atoms with E-state index in [1.807, 2.05) is 18.7 Å². The molecule has 2 heterocycles. The SMILES string of the molecule is CC(C)C(=O)N1CCC(NC2CCCS(=O)(=O)C2)CC1. The maximum Gasteiger partial charge on any atom is 0.225 e. The van der Waals surface area contributed by atoms with Crippen LogP contribution in [-0.2, 0) is 14.6 Å². The molecule has 0 spiro atoms. The molecule has 0 aromatic heterocycles. The maximum atomic E-state index is 11.9. The summed E-state index contributed by atoms with van der Waals surface area (Å²) in [6.07, 6.45) is 3.57. The van der Waals surface area contributed by atoms with Crippen LogP contribution in [-0.4, -0.2) is 55.9 Å². The Morgan fingerprint density at radius 2 is 1.80 bits per heavy atom. The molecule has 2 aliphatic heterocycles. The van der Waals surface area contributed by atoms with Gasteiger partial charge in [0.15, 0.2) is 9.84 Å². The van der Waals surface area contributed by atoms with Crippen molar-refractivity contribution in [1.82, 2.24) is 10.2 Å². The van der Waals surface area contributed by atoms with Crippen LogP contribution < -0.4 is 5.32 Å². The number of nitrogens with zero attached hydrogens (tertiary/aromatic N) is 1. The number of likely N-dealkylation sites (tertiary alicyclic amines) is 1. The highest BCUT2D eigenvalue weighted by Crippen LogP contribution is 2.17. The average Bonchev–Trinajstić information content (AvgIpc) is 2.37. The smallest absolute Gasteiger partial charge is 0.225 e. The summed E-state index contributed by atoms with van der Waals surface area (Å²) in [5, 5.41) is 3.48. The minimum Gasteiger partial charge on any atom is -0.342 e. The largest absolute Gasteiger partial charge is 0.342 e. The van der Waals surface area contributed by atoms with Crippen molar-refractivity contribution in [1.29, 1.82) is 0 Å². The Balaban J connectivity index is 1.78. The monoisotopic (exact) mass is 302 g/mol. The van der Waals surface area contributed by atoms with Crippen molar-refractivity contribution in [2.75, 3.05) is 24.6 Å². The Morgan fingerprint density at radius 3 is 2.35 bits per heavy atom. The summed E-state index contributed by atoms with van der Waals surface area (Å²) in [6, 6.07) is 0.454. The van der Waals surface area contributed by atoms with Crippen LogP contribution in [0.4, 0.5) is 0 Å². The lowest BCUT2D eigenvalue weighted by molar-refractivity contribution is -0.135. The molecule has 0 aromatic carbocycles. The molecule has 6 heteroatoms. The Hall–Kier alpha value is -0.620. The first kappa shape index (κ1) is 15.8. The number of hydrogen-bond donors (Lipinski definition) is 1. The third kappa shape index (κ3) is 4.19. The fourth-order valence-corrected chi connectivity index (χ4v) is 4.77. The molecule has 0 saturated carbocycles. The van der Waals surface area contributed by atoms with Crippen molar-refractivity contribution in [2.24, 2.45) is 5.92 Å². The number of sulfone groups is 1. The van der Waals surface area contributed by atoms with Crippen molar-refractivity contribution < 1.29 is 13.2 Å². The van der Waals surface area contributed by atoms with Crippen LogP contribution in [0.15, 0.2) is 0 Å². The molecule has 1 N–H and O–H groups in total. The molecular weight excluding hydrogens is 276 g/mol. The van der Waals surface area contributed by atoms with Gasteiger partial charge in [0.05, 0.1) is 11.5 Å². The topological polar surface area (TPSA) is 66.5 Å². The molecule has 2 fully saturated rings. The molecule has 1 unspecified atom stereocenters. The van der Waals surface area contributed by atoms with Crippen molar-refractivity contribution in [3.8, 4) is 0 Å². The lowest BCUT2D eigenvalue weighted by Crippen LogP contribution is -2.51. The summed E-state index contributed by atoms with van der Waals surface area (Å²) in [5.74, 6) is 0.900. The van der Waals surface area contributed by atoms with Crippen LogP contribution in [0.2, 0.25) is 0 Å². The first-order chi connectivity index (χ1) is 9.37. The van der Waals surface area contributed by atoms with E-state index >= 15 is 0 Å². The van der Waals surface area contributed by atoms with Gasteiger partial charge >= 0.3 is 0 Å². The number of amides is 1. The van der Waals surface area contributed by atoms with E-state index in [1.54, 1.807) is 0 Å². The molecule has 2 rings (SSSR count). The second-order valence-corrected chi connectivity index (χ2v) is 8.60. The third-order valence-electron chi connectivity index (χ3n) is 4.23. The fourth-order valence-electron chi connectivity index (χ4n) is 3.12. The number of hydrogen-bond acceptors (Lipinski definition) is 4. The Labute approximate surface area is 122 Å². The fraction of sp³-hybridized carbons (Fsp3) is 0.929. The molecule has 116 valence electrons. The van der Waals surface area contributed by atoms with Crippen LogP contribution in [0.1, 0.15) is 39.5 Å². The van der Waals surface area contributed by atoms with E-state index in [4.69, 9.17) is 0 Å². The summed E-state index contributed by atoms with van der Waals surface area (Å²) in [5.41, 5.74) is 0.